The van der Waals surface area contributed by atoms with Crippen LogP contribution in [0.15, 0.2) is 18.2 Å². The molecule has 1 N–H and O–H groups in total. The molecule has 0 aromatic heterocycles. The lowest BCUT2D eigenvalue weighted by molar-refractivity contribution is -0.0454. The number of ether oxygens (including phenoxy) is 1. The fraction of sp³-hybridized carbons (Fsp3) is 0.600. The first-order valence-electron chi connectivity index (χ1n) is 6.68. The number of likely N-dealkylation sites (N-methyl/N-ethyl adjacent to an activating group) is 1. The van der Waals surface area contributed by atoms with Crippen molar-refractivity contribution < 1.29 is 13.5 Å². The van der Waals surface area contributed by atoms with Crippen molar-refractivity contribution in [2.24, 2.45) is 0 Å². The molecular formula is C15H23F2NO. The van der Waals surface area contributed by atoms with Crippen LogP contribution >= 0.6 is 0 Å². The Balaban J connectivity index is 2.98. The minimum atomic E-state index is -0.541. The molecule has 0 amide bonds. The fourth-order valence-electron chi connectivity index (χ4n) is 2.69. The molecule has 1 rings (SSSR count). The predicted molar refractivity (Wildman–Crippen MR) is 73.2 cm³/mol. The summed E-state index contributed by atoms with van der Waals surface area (Å²) >= 11 is 0. The Morgan fingerprint density at radius 2 is 1.68 bits per heavy atom. The number of rotatable bonds is 7. The number of benzene rings is 1. The van der Waals surface area contributed by atoms with E-state index in [0.29, 0.717) is 12.0 Å². The van der Waals surface area contributed by atoms with Gasteiger partial charge in [0.25, 0.3) is 0 Å². The van der Waals surface area contributed by atoms with E-state index in [-0.39, 0.29) is 11.6 Å². The van der Waals surface area contributed by atoms with Crippen molar-refractivity contribution in [2.45, 2.75) is 44.8 Å². The molecule has 1 aromatic carbocycles. The molecule has 1 aromatic rings. The van der Waals surface area contributed by atoms with Gasteiger partial charge in [0.1, 0.15) is 11.6 Å². The van der Waals surface area contributed by atoms with Gasteiger partial charge in [0.15, 0.2) is 0 Å². The van der Waals surface area contributed by atoms with Crippen LogP contribution in [-0.4, -0.2) is 25.8 Å². The summed E-state index contributed by atoms with van der Waals surface area (Å²) in [6.45, 7) is 4.12. The van der Waals surface area contributed by atoms with Gasteiger partial charge >= 0.3 is 0 Å². The smallest absolute Gasteiger partial charge is 0.126 e. The standard InChI is InChI=1S/C15H23F2NO/c1-5-15(6-2,19-4)14(18-3)9-11-7-12(16)10-13(17)8-11/h7-8,10,14,18H,5-6,9H2,1-4H3. The largest absolute Gasteiger partial charge is 0.377 e. The summed E-state index contributed by atoms with van der Waals surface area (Å²) in [5.41, 5.74) is 0.317. The maximum atomic E-state index is 13.2. The molecule has 2 nitrogen and oxygen atoms in total. The Kier molecular flexibility index (Phi) is 5.88. The summed E-state index contributed by atoms with van der Waals surface area (Å²) in [7, 11) is 3.53. The van der Waals surface area contributed by atoms with Crippen LogP contribution in [0.25, 0.3) is 0 Å². The third kappa shape index (κ3) is 3.74. The van der Waals surface area contributed by atoms with E-state index in [4.69, 9.17) is 4.74 Å². The second-order valence-corrected chi connectivity index (χ2v) is 4.80. The molecule has 1 unspecified atom stereocenters. The average Bonchev–Trinajstić information content (AvgIpc) is 2.38. The number of nitrogens with one attached hydrogen (secondary N) is 1. The van der Waals surface area contributed by atoms with Crippen molar-refractivity contribution >= 4 is 0 Å². The van der Waals surface area contributed by atoms with Crippen molar-refractivity contribution in [1.29, 1.82) is 0 Å². The number of methoxy groups -OCH3 is 1. The Labute approximate surface area is 114 Å². The minimum absolute atomic E-state index is 0.00806. The first-order valence-corrected chi connectivity index (χ1v) is 6.68. The molecule has 0 aliphatic rings. The van der Waals surface area contributed by atoms with Gasteiger partial charge in [0.2, 0.25) is 0 Å². The van der Waals surface area contributed by atoms with E-state index >= 15 is 0 Å². The molecule has 1 atom stereocenters. The summed E-state index contributed by atoms with van der Waals surface area (Å²) < 4.78 is 32.1. The molecular weight excluding hydrogens is 248 g/mol. The third-order valence-electron chi connectivity index (χ3n) is 3.95. The predicted octanol–water partition coefficient (Wildman–Crippen LogP) is 3.30. The highest BCUT2D eigenvalue weighted by Crippen LogP contribution is 2.26. The molecule has 0 fully saturated rings. The molecule has 0 heterocycles. The Morgan fingerprint density at radius 1 is 1.16 bits per heavy atom. The molecule has 0 aliphatic carbocycles. The van der Waals surface area contributed by atoms with Crippen LogP contribution in [0.1, 0.15) is 32.3 Å². The van der Waals surface area contributed by atoms with Gasteiger partial charge < -0.3 is 10.1 Å². The zero-order valence-electron chi connectivity index (χ0n) is 12.1. The zero-order chi connectivity index (χ0) is 14.5. The lowest BCUT2D eigenvalue weighted by atomic mass is 9.84. The van der Waals surface area contributed by atoms with Gasteiger partial charge in [-0.05, 0) is 44.0 Å². The number of halogens is 2. The lowest BCUT2D eigenvalue weighted by Crippen LogP contribution is -2.51. The Bertz CT molecular complexity index is 377. The molecule has 0 spiro atoms. The van der Waals surface area contributed by atoms with Gasteiger partial charge in [0, 0.05) is 19.2 Å². The minimum Gasteiger partial charge on any atom is -0.377 e. The van der Waals surface area contributed by atoms with Crippen LogP contribution in [0.2, 0.25) is 0 Å². The molecule has 19 heavy (non-hydrogen) atoms. The van der Waals surface area contributed by atoms with E-state index in [2.05, 4.69) is 19.2 Å². The van der Waals surface area contributed by atoms with Gasteiger partial charge in [-0.3, -0.25) is 0 Å². The molecule has 0 bridgehead atoms. The van der Waals surface area contributed by atoms with Crippen molar-refractivity contribution in [3.05, 3.63) is 35.4 Å². The second-order valence-electron chi connectivity index (χ2n) is 4.80. The molecule has 0 saturated carbocycles. The normalized spacial score (nSPS) is 13.6. The molecule has 0 saturated heterocycles. The Morgan fingerprint density at radius 3 is 2.05 bits per heavy atom. The van der Waals surface area contributed by atoms with Gasteiger partial charge in [-0.25, -0.2) is 8.78 Å². The van der Waals surface area contributed by atoms with E-state index < -0.39 is 11.6 Å². The zero-order valence-corrected chi connectivity index (χ0v) is 12.1. The average molecular weight is 271 g/mol. The van der Waals surface area contributed by atoms with Crippen molar-refractivity contribution in [2.75, 3.05) is 14.2 Å². The van der Waals surface area contributed by atoms with Crippen LogP contribution in [-0.2, 0) is 11.2 Å². The van der Waals surface area contributed by atoms with Crippen LogP contribution in [0.4, 0.5) is 8.78 Å². The van der Waals surface area contributed by atoms with Gasteiger partial charge in [-0.1, -0.05) is 13.8 Å². The molecule has 0 radical (unpaired) electrons. The maximum absolute atomic E-state index is 13.2. The van der Waals surface area contributed by atoms with Gasteiger partial charge in [-0.15, -0.1) is 0 Å². The van der Waals surface area contributed by atoms with Crippen LogP contribution in [0, 0.1) is 11.6 Å². The molecule has 108 valence electrons. The highest BCUT2D eigenvalue weighted by molar-refractivity contribution is 5.20. The molecule has 0 aliphatic heterocycles. The summed E-state index contributed by atoms with van der Waals surface area (Å²) in [4.78, 5) is 0. The fourth-order valence-corrected chi connectivity index (χ4v) is 2.69. The van der Waals surface area contributed by atoms with Crippen LogP contribution in [0.3, 0.4) is 0 Å². The van der Waals surface area contributed by atoms with Crippen molar-refractivity contribution in [3.8, 4) is 0 Å². The van der Waals surface area contributed by atoms with Crippen LogP contribution in [0.5, 0.6) is 0 Å². The highest BCUT2D eigenvalue weighted by Gasteiger charge is 2.34. The van der Waals surface area contributed by atoms with Crippen LogP contribution < -0.4 is 5.32 Å². The summed E-state index contributed by atoms with van der Waals surface area (Å²) in [5, 5.41) is 3.21. The lowest BCUT2D eigenvalue weighted by Gasteiger charge is -2.38. The SMILES string of the molecule is CCC(CC)(OC)C(Cc1cc(F)cc(F)c1)NC. The highest BCUT2D eigenvalue weighted by atomic mass is 19.1. The van der Waals surface area contributed by atoms with Gasteiger partial charge in [0.05, 0.1) is 5.60 Å². The number of hydrogen-bond donors (Lipinski definition) is 1. The third-order valence-corrected chi connectivity index (χ3v) is 3.95. The van der Waals surface area contributed by atoms with Crippen molar-refractivity contribution in [3.63, 3.8) is 0 Å². The quantitative estimate of drug-likeness (QED) is 0.821. The summed E-state index contributed by atoms with van der Waals surface area (Å²) in [6.07, 6.45) is 2.20. The van der Waals surface area contributed by atoms with Gasteiger partial charge in [-0.2, -0.15) is 0 Å². The van der Waals surface area contributed by atoms with E-state index in [9.17, 15) is 8.78 Å². The monoisotopic (exact) mass is 271 g/mol. The Hall–Kier alpha value is -1.00. The molecule has 4 heteroatoms. The van der Waals surface area contributed by atoms with E-state index in [1.165, 1.54) is 12.1 Å². The summed E-state index contributed by atoms with van der Waals surface area (Å²) in [6, 6.07) is 3.65. The van der Waals surface area contributed by atoms with Crippen molar-refractivity contribution in [1.82, 2.24) is 5.32 Å². The first-order chi connectivity index (χ1) is 9.01. The van der Waals surface area contributed by atoms with E-state index in [1.807, 2.05) is 7.05 Å². The van der Waals surface area contributed by atoms with E-state index in [1.54, 1.807) is 7.11 Å². The first kappa shape index (κ1) is 16.1. The topological polar surface area (TPSA) is 21.3 Å². The number of hydrogen-bond acceptors (Lipinski definition) is 2. The maximum Gasteiger partial charge on any atom is 0.126 e. The van der Waals surface area contributed by atoms with E-state index in [0.717, 1.165) is 18.9 Å². The second kappa shape index (κ2) is 6.96. The summed E-state index contributed by atoms with van der Waals surface area (Å²) in [5.74, 6) is -1.08.